The molecule has 0 amide bonds. The molecule has 0 atom stereocenters. The van der Waals surface area contributed by atoms with Crippen molar-refractivity contribution < 1.29 is 4.74 Å². The van der Waals surface area contributed by atoms with E-state index in [1.165, 1.54) is 12.8 Å². The molecule has 1 fully saturated rings. The lowest BCUT2D eigenvalue weighted by Crippen LogP contribution is -2.02. The van der Waals surface area contributed by atoms with Crippen molar-refractivity contribution >= 4 is 5.69 Å². The Morgan fingerprint density at radius 1 is 1.50 bits per heavy atom. The lowest BCUT2D eigenvalue weighted by molar-refractivity contribution is 0.416. The molecular weight excluding hydrogens is 176 g/mol. The third-order valence-corrected chi connectivity index (χ3v) is 2.27. The SMILES string of the molecule is COc1cc(C#N)ccc1NC1CC1. The van der Waals surface area contributed by atoms with Crippen molar-refractivity contribution in [2.24, 2.45) is 0 Å². The van der Waals surface area contributed by atoms with Crippen LogP contribution in [0.5, 0.6) is 5.75 Å². The summed E-state index contributed by atoms with van der Waals surface area (Å²) in [7, 11) is 1.62. The highest BCUT2D eigenvalue weighted by Gasteiger charge is 2.22. The van der Waals surface area contributed by atoms with E-state index in [1.54, 1.807) is 19.2 Å². The number of hydrogen-bond acceptors (Lipinski definition) is 3. The van der Waals surface area contributed by atoms with Crippen LogP contribution >= 0.6 is 0 Å². The lowest BCUT2D eigenvalue weighted by atomic mass is 10.2. The molecule has 3 nitrogen and oxygen atoms in total. The van der Waals surface area contributed by atoms with Crippen molar-refractivity contribution in [2.45, 2.75) is 18.9 Å². The zero-order valence-electron chi connectivity index (χ0n) is 8.08. The Balaban J connectivity index is 2.25. The first-order valence-corrected chi connectivity index (χ1v) is 4.68. The Kier molecular flexibility index (Phi) is 2.28. The van der Waals surface area contributed by atoms with Gasteiger partial charge < -0.3 is 10.1 Å². The molecular formula is C11H12N2O. The normalized spacial score (nSPS) is 14.6. The fraction of sp³-hybridized carbons (Fsp3) is 0.364. The smallest absolute Gasteiger partial charge is 0.143 e. The van der Waals surface area contributed by atoms with Gasteiger partial charge in [-0.2, -0.15) is 5.26 Å². The van der Waals surface area contributed by atoms with Crippen molar-refractivity contribution in [2.75, 3.05) is 12.4 Å². The predicted octanol–water partition coefficient (Wildman–Crippen LogP) is 2.14. The first-order chi connectivity index (χ1) is 6.83. The molecule has 1 aliphatic rings. The van der Waals surface area contributed by atoms with Crippen molar-refractivity contribution in [1.82, 2.24) is 0 Å². The standard InChI is InChI=1S/C11H12N2O/c1-14-11-6-8(7-12)2-5-10(11)13-9-3-4-9/h2,5-6,9,13H,3-4H2,1H3. The molecule has 0 spiro atoms. The van der Waals surface area contributed by atoms with Gasteiger partial charge in [0, 0.05) is 12.1 Å². The summed E-state index contributed by atoms with van der Waals surface area (Å²) in [6, 6.07) is 8.14. The highest BCUT2D eigenvalue weighted by Crippen LogP contribution is 2.31. The summed E-state index contributed by atoms with van der Waals surface area (Å²) >= 11 is 0. The molecule has 0 aliphatic heterocycles. The van der Waals surface area contributed by atoms with Crippen LogP contribution in [0.2, 0.25) is 0 Å². The van der Waals surface area contributed by atoms with Crippen molar-refractivity contribution in [1.29, 1.82) is 5.26 Å². The lowest BCUT2D eigenvalue weighted by Gasteiger charge is -2.10. The van der Waals surface area contributed by atoms with Gasteiger partial charge in [0.05, 0.1) is 24.4 Å². The first kappa shape index (κ1) is 8.89. The first-order valence-electron chi connectivity index (χ1n) is 4.68. The van der Waals surface area contributed by atoms with E-state index in [1.807, 2.05) is 6.07 Å². The minimum Gasteiger partial charge on any atom is -0.495 e. The number of methoxy groups -OCH3 is 1. The van der Waals surface area contributed by atoms with E-state index >= 15 is 0 Å². The molecule has 3 heteroatoms. The highest BCUT2D eigenvalue weighted by molar-refractivity contribution is 5.60. The van der Waals surface area contributed by atoms with Gasteiger partial charge in [0.2, 0.25) is 0 Å². The van der Waals surface area contributed by atoms with Crippen molar-refractivity contribution in [3.63, 3.8) is 0 Å². The Hall–Kier alpha value is -1.69. The van der Waals surface area contributed by atoms with Crippen LogP contribution in [0.4, 0.5) is 5.69 Å². The van der Waals surface area contributed by atoms with Crippen LogP contribution in [-0.4, -0.2) is 13.2 Å². The Morgan fingerprint density at radius 3 is 2.86 bits per heavy atom. The Labute approximate surface area is 83.3 Å². The van der Waals surface area contributed by atoms with E-state index in [9.17, 15) is 0 Å². The summed E-state index contributed by atoms with van der Waals surface area (Å²) in [6.07, 6.45) is 2.45. The van der Waals surface area contributed by atoms with E-state index in [0.717, 1.165) is 11.4 Å². The van der Waals surface area contributed by atoms with E-state index in [4.69, 9.17) is 10.00 Å². The van der Waals surface area contributed by atoms with Crippen LogP contribution in [0.3, 0.4) is 0 Å². The molecule has 72 valence electrons. The van der Waals surface area contributed by atoms with Crippen LogP contribution in [0, 0.1) is 11.3 Å². The fourth-order valence-electron chi connectivity index (χ4n) is 1.33. The van der Waals surface area contributed by atoms with Crippen LogP contribution in [-0.2, 0) is 0 Å². The summed E-state index contributed by atoms with van der Waals surface area (Å²) in [6.45, 7) is 0. The summed E-state index contributed by atoms with van der Waals surface area (Å²) in [5.74, 6) is 0.746. The topological polar surface area (TPSA) is 45.0 Å². The fourth-order valence-corrected chi connectivity index (χ4v) is 1.33. The third-order valence-electron chi connectivity index (χ3n) is 2.27. The van der Waals surface area contributed by atoms with Gasteiger partial charge in [0.1, 0.15) is 5.75 Å². The number of benzene rings is 1. The molecule has 1 aromatic rings. The molecule has 0 radical (unpaired) electrons. The summed E-state index contributed by atoms with van der Waals surface area (Å²) in [4.78, 5) is 0. The van der Waals surface area contributed by atoms with Crippen LogP contribution in [0.25, 0.3) is 0 Å². The maximum atomic E-state index is 8.72. The third kappa shape index (κ3) is 1.80. The summed E-state index contributed by atoms with van der Waals surface area (Å²) in [5.41, 5.74) is 1.61. The average Bonchev–Trinajstić information content (AvgIpc) is 3.02. The maximum absolute atomic E-state index is 8.72. The van der Waals surface area contributed by atoms with Gasteiger partial charge in [-0.1, -0.05) is 0 Å². The van der Waals surface area contributed by atoms with E-state index < -0.39 is 0 Å². The number of ether oxygens (including phenoxy) is 1. The number of rotatable bonds is 3. The van der Waals surface area contributed by atoms with E-state index in [2.05, 4.69) is 11.4 Å². The number of hydrogen-bond donors (Lipinski definition) is 1. The largest absolute Gasteiger partial charge is 0.495 e. The minimum atomic E-state index is 0.594. The molecule has 0 aromatic heterocycles. The molecule has 14 heavy (non-hydrogen) atoms. The number of nitrogens with zero attached hydrogens (tertiary/aromatic N) is 1. The second-order valence-electron chi connectivity index (χ2n) is 3.45. The van der Waals surface area contributed by atoms with Crippen LogP contribution in [0.15, 0.2) is 18.2 Å². The molecule has 0 saturated heterocycles. The van der Waals surface area contributed by atoms with Gasteiger partial charge in [0.15, 0.2) is 0 Å². The zero-order chi connectivity index (χ0) is 9.97. The van der Waals surface area contributed by atoms with Gasteiger partial charge in [-0.25, -0.2) is 0 Å². The van der Waals surface area contributed by atoms with Gasteiger partial charge in [0.25, 0.3) is 0 Å². The van der Waals surface area contributed by atoms with Crippen LogP contribution < -0.4 is 10.1 Å². The average molecular weight is 188 g/mol. The second-order valence-corrected chi connectivity index (χ2v) is 3.45. The highest BCUT2D eigenvalue weighted by atomic mass is 16.5. The van der Waals surface area contributed by atoms with E-state index in [-0.39, 0.29) is 0 Å². The summed E-state index contributed by atoms with van der Waals surface area (Å²) in [5, 5.41) is 12.1. The minimum absolute atomic E-state index is 0.594. The second kappa shape index (κ2) is 3.59. The Morgan fingerprint density at radius 2 is 2.29 bits per heavy atom. The van der Waals surface area contributed by atoms with Gasteiger partial charge in [-0.3, -0.25) is 0 Å². The number of anilines is 1. The van der Waals surface area contributed by atoms with Gasteiger partial charge in [-0.05, 0) is 25.0 Å². The molecule has 1 N–H and O–H groups in total. The van der Waals surface area contributed by atoms with Crippen molar-refractivity contribution in [3.05, 3.63) is 23.8 Å². The predicted molar refractivity (Wildman–Crippen MR) is 54.4 cm³/mol. The quantitative estimate of drug-likeness (QED) is 0.790. The monoisotopic (exact) mass is 188 g/mol. The maximum Gasteiger partial charge on any atom is 0.143 e. The number of nitriles is 1. The van der Waals surface area contributed by atoms with Crippen LogP contribution in [0.1, 0.15) is 18.4 Å². The van der Waals surface area contributed by atoms with Crippen molar-refractivity contribution in [3.8, 4) is 11.8 Å². The number of nitrogens with one attached hydrogen (secondary N) is 1. The Bertz CT molecular complexity index is 377. The molecule has 2 rings (SSSR count). The molecule has 1 saturated carbocycles. The van der Waals surface area contributed by atoms with Gasteiger partial charge >= 0.3 is 0 Å². The van der Waals surface area contributed by atoms with E-state index in [0.29, 0.717) is 11.6 Å². The molecule has 0 heterocycles. The summed E-state index contributed by atoms with van der Waals surface area (Å²) < 4.78 is 5.20. The molecule has 0 unspecified atom stereocenters. The van der Waals surface area contributed by atoms with Gasteiger partial charge in [-0.15, -0.1) is 0 Å². The molecule has 1 aromatic carbocycles. The molecule has 0 bridgehead atoms. The molecule has 1 aliphatic carbocycles. The zero-order valence-corrected chi connectivity index (χ0v) is 8.08.